The van der Waals surface area contributed by atoms with E-state index < -0.39 is 11.2 Å². The minimum Gasteiger partial charge on any atom is -0.346 e. The number of hydrogen-bond donors (Lipinski definition) is 0. The van der Waals surface area contributed by atoms with Gasteiger partial charge in [0, 0.05) is 18.8 Å². The van der Waals surface area contributed by atoms with E-state index in [-0.39, 0.29) is 6.04 Å². The van der Waals surface area contributed by atoms with Crippen molar-refractivity contribution in [1.29, 1.82) is 0 Å². The molecule has 1 rings (SSSR count). The Morgan fingerprint density at radius 1 is 1.41 bits per heavy atom. The average Bonchev–Trinajstić information content (AvgIpc) is 2.73. The summed E-state index contributed by atoms with van der Waals surface area (Å²) < 4.78 is 37.1. The van der Waals surface area contributed by atoms with E-state index in [1.807, 2.05) is 13.8 Å². The minimum atomic E-state index is -4.40. The van der Waals surface area contributed by atoms with E-state index in [1.54, 1.807) is 23.7 Å². The Morgan fingerprint density at radius 3 is 2.53 bits per heavy atom. The van der Waals surface area contributed by atoms with Crippen molar-refractivity contribution in [2.45, 2.75) is 26.1 Å². The van der Waals surface area contributed by atoms with Crippen molar-refractivity contribution in [2.75, 3.05) is 23.5 Å². The van der Waals surface area contributed by atoms with Crippen LogP contribution in [0.4, 0.5) is 18.3 Å². The van der Waals surface area contributed by atoms with Crippen molar-refractivity contribution in [3.8, 4) is 0 Å². The Hall–Kier alpha value is -0.500. The summed E-state index contributed by atoms with van der Waals surface area (Å²) in [5, 5.41) is 6.16. The molecule has 0 amide bonds. The second-order valence-corrected chi connectivity index (χ2v) is 5.78. The largest absolute Gasteiger partial charge is 0.445 e. The third-order valence-electron chi connectivity index (χ3n) is 2.18. The molecule has 98 valence electrons. The Kier molecular flexibility index (Phi) is 5.05. The zero-order valence-electron chi connectivity index (χ0n) is 9.78. The molecule has 0 bridgehead atoms. The number of halogens is 3. The van der Waals surface area contributed by atoms with Crippen LogP contribution in [0.15, 0.2) is 0 Å². The topological polar surface area (TPSA) is 29.0 Å². The van der Waals surface area contributed by atoms with Crippen LogP contribution in [0, 0.1) is 0 Å². The molecule has 1 aromatic rings. The van der Waals surface area contributed by atoms with Crippen LogP contribution >= 0.6 is 23.1 Å². The van der Waals surface area contributed by atoms with Gasteiger partial charge in [-0.1, -0.05) is 18.3 Å². The highest BCUT2D eigenvalue weighted by Gasteiger charge is 2.36. The van der Waals surface area contributed by atoms with E-state index in [0.29, 0.717) is 16.5 Å². The summed E-state index contributed by atoms with van der Waals surface area (Å²) in [6.07, 6.45) is -4.40. The molecule has 0 aromatic carbocycles. The summed E-state index contributed by atoms with van der Waals surface area (Å²) in [7, 11) is 1.74. The van der Waals surface area contributed by atoms with Crippen LogP contribution in [0.1, 0.15) is 18.9 Å². The number of aromatic nitrogens is 2. The van der Waals surface area contributed by atoms with Gasteiger partial charge in [0.25, 0.3) is 0 Å². The smallest absolute Gasteiger partial charge is 0.346 e. The quantitative estimate of drug-likeness (QED) is 0.831. The summed E-state index contributed by atoms with van der Waals surface area (Å²) in [5.41, 5.74) is 0. The number of hydrogen-bond acceptors (Lipinski definition) is 5. The predicted octanol–water partition coefficient (Wildman–Crippen LogP) is 3.13. The summed E-state index contributed by atoms with van der Waals surface area (Å²) >= 11 is 2.32. The maximum absolute atomic E-state index is 12.4. The van der Waals surface area contributed by atoms with Crippen molar-refractivity contribution in [2.24, 2.45) is 0 Å². The highest BCUT2D eigenvalue weighted by Crippen LogP contribution is 2.34. The van der Waals surface area contributed by atoms with Crippen LogP contribution in [0.5, 0.6) is 0 Å². The summed E-state index contributed by atoms with van der Waals surface area (Å²) in [6, 6.07) is 0.133. The predicted molar refractivity (Wildman–Crippen MR) is 65.8 cm³/mol. The van der Waals surface area contributed by atoms with Crippen molar-refractivity contribution in [1.82, 2.24) is 10.2 Å². The Labute approximate surface area is 106 Å². The number of thioether (sulfide) groups is 1. The summed E-state index contributed by atoms with van der Waals surface area (Å²) in [5.74, 6) is 1.84. The van der Waals surface area contributed by atoms with Crippen molar-refractivity contribution < 1.29 is 13.2 Å². The zero-order chi connectivity index (χ0) is 13.1. The molecule has 0 aliphatic rings. The van der Waals surface area contributed by atoms with Gasteiger partial charge < -0.3 is 4.90 Å². The van der Waals surface area contributed by atoms with Gasteiger partial charge in [-0.3, -0.25) is 0 Å². The Balaban J connectivity index is 2.69. The number of anilines is 1. The summed E-state index contributed by atoms with van der Waals surface area (Å²) in [4.78, 5) is 1.73. The molecule has 3 nitrogen and oxygen atoms in total. The lowest BCUT2D eigenvalue weighted by molar-refractivity contribution is -0.138. The van der Waals surface area contributed by atoms with Crippen molar-refractivity contribution >= 4 is 28.2 Å². The fourth-order valence-electron chi connectivity index (χ4n) is 1.06. The fraction of sp³-hybridized carbons (Fsp3) is 0.778. The molecule has 0 radical (unpaired) electrons. The molecule has 0 saturated heterocycles. The minimum absolute atomic E-state index is 0.133. The standard InChI is InChI=1S/C9H14F3N3S2/c1-4-16-5-6(2)15(3)8-14-13-7(17-8)9(10,11)12/h6H,4-5H2,1-3H3. The first-order chi connectivity index (χ1) is 7.86. The fourth-order valence-corrected chi connectivity index (χ4v) is 2.64. The van der Waals surface area contributed by atoms with Crippen LogP contribution in [0.25, 0.3) is 0 Å². The van der Waals surface area contributed by atoms with E-state index in [4.69, 9.17) is 0 Å². The molecule has 0 spiro atoms. The molecular weight excluding hydrogens is 271 g/mol. The number of rotatable bonds is 5. The van der Waals surface area contributed by atoms with E-state index in [2.05, 4.69) is 10.2 Å². The Morgan fingerprint density at radius 2 is 2.06 bits per heavy atom. The maximum Gasteiger partial charge on any atom is 0.445 e. The highest BCUT2D eigenvalue weighted by atomic mass is 32.2. The second kappa shape index (κ2) is 5.90. The average molecular weight is 285 g/mol. The first-order valence-electron chi connectivity index (χ1n) is 5.07. The maximum atomic E-state index is 12.4. The second-order valence-electron chi connectivity index (χ2n) is 3.51. The van der Waals surface area contributed by atoms with E-state index in [1.165, 1.54) is 0 Å². The summed E-state index contributed by atoms with van der Waals surface area (Å²) in [6.45, 7) is 4.00. The lowest BCUT2D eigenvalue weighted by Gasteiger charge is -2.23. The third-order valence-corrected chi connectivity index (χ3v) is 4.37. The zero-order valence-corrected chi connectivity index (χ0v) is 11.4. The normalized spacial score (nSPS) is 13.8. The molecule has 0 N–H and O–H groups in total. The first-order valence-corrected chi connectivity index (χ1v) is 7.04. The molecule has 17 heavy (non-hydrogen) atoms. The van der Waals surface area contributed by atoms with Crippen LogP contribution in [0.3, 0.4) is 0 Å². The van der Waals surface area contributed by atoms with Crippen LogP contribution < -0.4 is 4.90 Å². The number of alkyl halides is 3. The molecule has 8 heteroatoms. The van der Waals surface area contributed by atoms with Crippen molar-refractivity contribution in [3.05, 3.63) is 5.01 Å². The SMILES string of the molecule is CCSCC(C)N(C)c1nnc(C(F)(F)F)s1. The lowest BCUT2D eigenvalue weighted by atomic mass is 10.4. The van der Waals surface area contributed by atoms with Gasteiger partial charge in [0.2, 0.25) is 10.1 Å². The van der Waals surface area contributed by atoms with Crippen LogP contribution in [0.2, 0.25) is 0 Å². The molecule has 0 aliphatic heterocycles. The van der Waals surface area contributed by atoms with Gasteiger partial charge in [0.15, 0.2) is 0 Å². The van der Waals surface area contributed by atoms with Gasteiger partial charge in [-0.05, 0) is 12.7 Å². The van der Waals surface area contributed by atoms with Gasteiger partial charge in [0.05, 0.1) is 0 Å². The first kappa shape index (κ1) is 14.6. The highest BCUT2D eigenvalue weighted by molar-refractivity contribution is 7.99. The Bertz CT molecular complexity index is 354. The van der Waals surface area contributed by atoms with Crippen molar-refractivity contribution in [3.63, 3.8) is 0 Å². The van der Waals surface area contributed by atoms with E-state index >= 15 is 0 Å². The van der Waals surface area contributed by atoms with Gasteiger partial charge in [-0.15, -0.1) is 10.2 Å². The van der Waals surface area contributed by atoms with Gasteiger partial charge in [0.1, 0.15) is 0 Å². The lowest BCUT2D eigenvalue weighted by Crippen LogP contribution is -2.30. The molecule has 0 saturated carbocycles. The van der Waals surface area contributed by atoms with Gasteiger partial charge in [-0.25, -0.2) is 0 Å². The molecule has 1 unspecified atom stereocenters. The molecule has 1 atom stereocenters. The molecule has 1 heterocycles. The molecule has 0 aliphatic carbocycles. The van der Waals surface area contributed by atoms with Crippen LogP contribution in [-0.4, -0.2) is 34.8 Å². The monoisotopic (exact) mass is 285 g/mol. The van der Waals surface area contributed by atoms with E-state index in [9.17, 15) is 13.2 Å². The van der Waals surface area contributed by atoms with Gasteiger partial charge >= 0.3 is 6.18 Å². The molecule has 1 aromatic heterocycles. The number of nitrogens with zero attached hydrogens (tertiary/aromatic N) is 3. The molecular formula is C9H14F3N3S2. The third kappa shape index (κ3) is 4.02. The van der Waals surface area contributed by atoms with Crippen LogP contribution in [-0.2, 0) is 6.18 Å². The van der Waals surface area contributed by atoms with Gasteiger partial charge in [-0.2, -0.15) is 24.9 Å². The molecule has 0 fully saturated rings. The van der Waals surface area contributed by atoms with E-state index in [0.717, 1.165) is 11.5 Å².